The maximum atomic E-state index is 10.0. The number of hydrogen-bond donors (Lipinski definition) is 1. The molecule has 0 aromatic heterocycles. The molecule has 0 bridgehead atoms. The third kappa shape index (κ3) is 13.5. The number of carbonyl (C=O) groups is 1. The van der Waals surface area contributed by atoms with E-state index in [0.717, 1.165) is 0 Å². The number of alkyl halides is 3. The van der Waals surface area contributed by atoms with Crippen LogP contribution >= 0.6 is 67.8 Å². The average molecular weight is 567 g/mol. The first-order chi connectivity index (χ1) is 3.42. The molecule has 0 aliphatic heterocycles. The van der Waals surface area contributed by atoms with Crippen molar-refractivity contribution < 1.29 is 9.90 Å². The Morgan fingerprint density at radius 1 is 1.44 bits per heavy atom. The first-order valence-corrected chi connectivity index (χ1v) is 4.94. The molecule has 0 rings (SSSR count). The van der Waals surface area contributed by atoms with E-state index in [9.17, 15) is 4.79 Å². The molecular formula is C3H3I3InO2. The Labute approximate surface area is 113 Å². The van der Waals surface area contributed by atoms with E-state index in [2.05, 4.69) is 67.8 Å². The molecule has 0 aromatic rings. The summed E-state index contributed by atoms with van der Waals surface area (Å²) in [5, 5.41) is 8.23. The first-order valence-electron chi connectivity index (χ1n) is 1.70. The van der Waals surface area contributed by atoms with Crippen molar-refractivity contribution >= 4 is 99.6 Å². The summed E-state index contributed by atoms with van der Waals surface area (Å²) in [5.74, 6) is -0.747. The molecule has 0 saturated heterocycles. The summed E-state index contributed by atoms with van der Waals surface area (Å²) in [6, 6.07) is 0. The fourth-order valence-electron chi connectivity index (χ4n) is 0.171. The molecule has 51 valence electrons. The van der Waals surface area contributed by atoms with E-state index in [4.69, 9.17) is 5.11 Å². The molecule has 6 heteroatoms. The van der Waals surface area contributed by atoms with E-state index in [1.54, 1.807) is 0 Å². The zero-order valence-corrected chi connectivity index (χ0v) is 14.0. The Morgan fingerprint density at radius 2 is 1.78 bits per heavy atom. The Bertz CT molecular complexity index is 99.7. The van der Waals surface area contributed by atoms with Crippen LogP contribution < -0.4 is 0 Å². The molecule has 2 nitrogen and oxygen atoms in total. The van der Waals surface area contributed by atoms with Crippen LogP contribution in [0.4, 0.5) is 0 Å². The zero-order chi connectivity index (χ0) is 6.78. The fourth-order valence-corrected chi connectivity index (χ4v) is 1.15. The Morgan fingerprint density at radius 3 is 1.78 bits per heavy atom. The predicted octanol–water partition coefficient (Wildman–Crippen LogP) is 2.04. The van der Waals surface area contributed by atoms with Gasteiger partial charge in [-0.2, -0.15) is 0 Å². The molecule has 9 heavy (non-hydrogen) atoms. The predicted molar refractivity (Wildman–Crippen MR) is 62.8 cm³/mol. The number of aliphatic carboxylic acids is 1. The summed E-state index contributed by atoms with van der Waals surface area (Å²) in [4.78, 5) is 10.0. The second-order valence-electron chi connectivity index (χ2n) is 1.19. The van der Waals surface area contributed by atoms with Crippen molar-refractivity contribution in [2.75, 3.05) is 0 Å². The quantitative estimate of drug-likeness (QED) is 0.411. The largest absolute Gasteiger partial charge is 0.481 e. The third-order valence-corrected chi connectivity index (χ3v) is 1.50. The summed E-state index contributed by atoms with van der Waals surface area (Å²) in [6.45, 7) is 0. The summed E-state index contributed by atoms with van der Waals surface area (Å²) in [7, 11) is 0. The standard InChI is InChI=1S/C3H3I3O2.In/c4-3(5,6)1-2(7)8;/h1H2,(H,7,8);. The molecule has 3 radical (unpaired) electrons. The maximum Gasteiger partial charge on any atom is 0.306 e. The van der Waals surface area contributed by atoms with Crippen LogP contribution in [0.15, 0.2) is 0 Å². The molecule has 0 amide bonds. The SMILES string of the molecule is O=C(O)CC(I)(I)I.[In]. The van der Waals surface area contributed by atoms with Gasteiger partial charge in [0.1, 0.15) is -0.565 Å². The van der Waals surface area contributed by atoms with Crippen molar-refractivity contribution in [3.05, 3.63) is 0 Å². The molecular weight excluding hydrogens is 564 g/mol. The maximum absolute atomic E-state index is 10.0. The van der Waals surface area contributed by atoms with Gasteiger partial charge < -0.3 is 5.11 Å². The summed E-state index contributed by atoms with van der Waals surface area (Å²) in [6.07, 6.45) is 0.203. The van der Waals surface area contributed by atoms with Crippen LogP contribution in [0.25, 0.3) is 0 Å². The van der Waals surface area contributed by atoms with E-state index >= 15 is 0 Å². The summed E-state index contributed by atoms with van der Waals surface area (Å²) in [5.41, 5.74) is 0. The van der Waals surface area contributed by atoms with Crippen molar-refractivity contribution in [1.82, 2.24) is 0 Å². The topological polar surface area (TPSA) is 37.3 Å². The van der Waals surface area contributed by atoms with Gasteiger partial charge in [0.2, 0.25) is 0 Å². The van der Waals surface area contributed by atoms with Gasteiger partial charge in [-0.1, -0.05) is 67.8 Å². The zero-order valence-electron chi connectivity index (χ0n) is 4.27. The minimum atomic E-state index is -0.747. The Kier molecular flexibility index (Phi) is 9.53. The van der Waals surface area contributed by atoms with Gasteiger partial charge in [-0.15, -0.1) is 0 Å². The fraction of sp³-hybridized carbons (Fsp3) is 0.667. The van der Waals surface area contributed by atoms with Gasteiger partial charge >= 0.3 is 5.97 Å². The minimum Gasteiger partial charge on any atom is -0.481 e. The van der Waals surface area contributed by atoms with Crippen molar-refractivity contribution in [2.24, 2.45) is 0 Å². The number of hydrogen-bond acceptors (Lipinski definition) is 1. The molecule has 0 unspecified atom stereocenters. The third-order valence-electron chi connectivity index (χ3n) is 0.352. The molecule has 0 heterocycles. The van der Waals surface area contributed by atoms with Gasteiger partial charge in [0.05, 0.1) is 6.42 Å². The smallest absolute Gasteiger partial charge is 0.306 e. The van der Waals surface area contributed by atoms with E-state index in [-0.39, 0.29) is 31.7 Å². The van der Waals surface area contributed by atoms with Crippen LogP contribution in [-0.4, -0.2) is 36.4 Å². The van der Waals surface area contributed by atoms with Crippen LogP contribution in [0.3, 0.4) is 0 Å². The van der Waals surface area contributed by atoms with Crippen molar-refractivity contribution in [1.29, 1.82) is 0 Å². The number of carboxylic acid groups (broad SMARTS) is 1. The van der Waals surface area contributed by atoms with E-state index in [0.29, 0.717) is 0 Å². The average Bonchev–Trinajstić information content (AvgIpc) is 1.21. The van der Waals surface area contributed by atoms with Crippen LogP contribution in [-0.2, 0) is 4.79 Å². The van der Waals surface area contributed by atoms with E-state index < -0.39 is 5.97 Å². The second kappa shape index (κ2) is 6.09. The van der Waals surface area contributed by atoms with E-state index in [1.807, 2.05) is 0 Å². The van der Waals surface area contributed by atoms with Crippen LogP contribution in [0.5, 0.6) is 0 Å². The minimum absolute atomic E-state index is 0. The van der Waals surface area contributed by atoms with Crippen molar-refractivity contribution in [3.63, 3.8) is 0 Å². The first kappa shape index (κ1) is 14.1. The normalized spacial score (nSPS) is 10.1. The number of carboxylic acids is 1. The van der Waals surface area contributed by atoms with Crippen LogP contribution in [0.1, 0.15) is 6.42 Å². The molecule has 0 spiro atoms. The second-order valence-corrected chi connectivity index (χ2v) is 12.9. The van der Waals surface area contributed by atoms with E-state index in [1.165, 1.54) is 0 Å². The Hall–Kier alpha value is 2.53. The summed E-state index contributed by atoms with van der Waals surface area (Å²) >= 11 is 6.25. The monoisotopic (exact) mass is 567 g/mol. The van der Waals surface area contributed by atoms with Gasteiger partial charge in [0, 0.05) is 25.8 Å². The molecule has 0 aliphatic carbocycles. The van der Waals surface area contributed by atoms with Crippen molar-refractivity contribution in [2.45, 2.75) is 5.86 Å². The molecule has 0 fully saturated rings. The van der Waals surface area contributed by atoms with Gasteiger partial charge in [-0.3, -0.25) is 4.79 Å². The molecule has 0 aliphatic rings. The van der Waals surface area contributed by atoms with Crippen LogP contribution in [0.2, 0.25) is 0 Å². The summed E-state index contributed by atoms with van der Waals surface area (Å²) < 4.78 is -0.168. The molecule has 0 atom stereocenters. The molecule has 0 aromatic carbocycles. The number of rotatable bonds is 2. The Balaban J connectivity index is 0. The van der Waals surface area contributed by atoms with Crippen LogP contribution in [0, 0.1) is 0 Å². The van der Waals surface area contributed by atoms with Gasteiger partial charge in [0.25, 0.3) is 0 Å². The number of halogens is 3. The van der Waals surface area contributed by atoms with Gasteiger partial charge in [-0.05, 0) is 0 Å². The molecule has 1 N–H and O–H groups in total. The molecule has 0 saturated carbocycles. The van der Waals surface area contributed by atoms with Gasteiger partial charge in [0.15, 0.2) is 0 Å². The van der Waals surface area contributed by atoms with Crippen molar-refractivity contribution in [3.8, 4) is 0 Å². The van der Waals surface area contributed by atoms with Gasteiger partial charge in [-0.25, -0.2) is 0 Å².